The average molecular weight is 542 g/mol. The largest absolute Gasteiger partial charge is 0.446 e. The van der Waals surface area contributed by atoms with Crippen molar-refractivity contribution in [3.63, 3.8) is 0 Å². The van der Waals surface area contributed by atoms with Crippen LogP contribution in [-0.2, 0) is 22.1 Å². The Morgan fingerprint density at radius 3 is 1.80 bits per heavy atom. The molecule has 0 spiro atoms. The van der Waals surface area contributed by atoms with Crippen LogP contribution < -0.4 is 16.0 Å². The number of aliphatic hydroxyl groups excluding tert-OH is 1. The van der Waals surface area contributed by atoms with Crippen molar-refractivity contribution in [1.82, 2.24) is 15.1 Å². The molecule has 0 aliphatic heterocycles. The first-order valence-electron chi connectivity index (χ1n) is 13.0. The van der Waals surface area contributed by atoms with Gasteiger partial charge in [0.05, 0.1) is 6.20 Å². The van der Waals surface area contributed by atoms with Gasteiger partial charge in [-0.1, -0.05) is 91.0 Å². The average Bonchev–Trinajstić information content (AvgIpc) is 3.28. The van der Waals surface area contributed by atoms with Gasteiger partial charge in [-0.3, -0.25) is 9.48 Å². The van der Waals surface area contributed by atoms with Crippen LogP contribution in [0.3, 0.4) is 0 Å². The summed E-state index contributed by atoms with van der Waals surface area (Å²) in [7, 11) is 1.76. The van der Waals surface area contributed by atoms with E-state index in [0.29, 0.717) is 11.5 Å². The topological polar surface area (TPSA) is 118 Å². The van der Waals surface area contributed by atoms with Gasteiger partial charge in [0, 0.05) is 12.6 Å². The minimum Gasteiger partial charge on any atom is -0.446 e. The van der Waals surface area contributed by atoms with Gasteiger partial charge in [-0.2, -0.15) is 5.10 Å². The smallest absolute Gasteiger partial charge is 0.407 e. The van der Waals surface area contributed by atoms with Crippen molar-refractivity contribution in [3.8, 4) is 0 Å². The first kappa shape index (κ1) is 28.4. The van der Waals surface area contributed by atoms with E-state index in [0.717, 1.165) is 16.7 Å². The summed E-state index contributed by atoms with van der Waals surface area (Å²) in [6.45, 7) is 4.90. The van der Waals surface area contributed by atoms with Gasteiger partial charge in [0.1, 0.15) is 23.7 Å². The second-order valence-electron chi connectivity index (χ2n) is 10.5. The monoisotopic (exact) mass is 541 g/mol. The Bertz CT molecular complexity index is 1320. The molecule has 1 atom stereocenters. The number of benzene rings is 3. The molecule has 3 aromatic carbocycles. The van der Waals surface area contributed by atoms with Crippen LogP contribution in [-0.4, -0.2) is 45.1 Å². The van der Waals surface area contributed by atoms with Crippen LogP contribution in [0.25, 0.3) is 0 Å². The van der Waals surface area contributed by atoms with Crippen LogP contribution in [0.1, 0.15) is 37.5 Å². The predicted octanol–water partition coefficient (Wildman–Crippen LogP) is 4.65. The molecule has 40 heavy (non-hydrogen) atoms. The summed E-state index contributed by atoms with van der Waals surface area (Å²) in [4.78, 5) is 24.9. The molecule has 208 valence electrons. The van der Waals surface area contributed by atoms with Crippen molar-refractivity contribution < 1.29 is 19.4 Å². The summed E-state index contributed by atoms with van der Waals surface area (Å²) >= 11 is 0. The highest BCUT2D eigenvalue weighted by molar-refractivity contribution is 5.96. The van der Waals surface area contributed by atoms with E-state index < -0.39 is 35.8 Å². The number of carbonyl (C=O) groups is 2. The van der Waals surface area contributed by atoms with Crippen molar-refractivity contribution in [2.45, 2.75) is 38.0 Å². The molecule has 0 bridgehead atoms. The van der Waals surface area contributed by atoms with Crippen molar-refractivity contribution in [2.75, 3.05) is 17.2 Å². The molecule has 0 radical (unpaired) electrons. The van der Waals surface area contributed by atoms with E-state index in [1.807, 2.05) is 91.0 Å². The number of anilines is 2. The van der Waals surface area contributed by atoms with Gasteiger partial charge >= 0.3 is 6.09 Å². The first-order valence-corrected chi connectivity index (χ1v) is 13.0. The third kappa shape index (κ3) is 6.50. The number of amides is 2. The molecular formula is C31H35N5O4. The van der Waals surface area contributed by atoms with Crippen molar-refractivity contribution in [1.29, 1.82) is 0 Å². The van der Waals surface area contributed by atoms with Gasteiger partial charge in [-0.15, -0.1) is 0 Å². The molecule has 0 aliphatic rings. The number of ether oxygens (including phenoxy) is 1. The Hall–Kier alpha value is -4.63. The highest BCUT2D eigenvalue weighted by Crippen LogP contribution is 2.41. The van der Waals surface area contributed by atoms with Crippen LogP contribution in [0.15, 0.2) is 97.2 Å². The fourth-order valence-corrected chi connectivity index (χ4v) is 4.42. The van der Waals surface area contributed by atoms with Gasteiger partial charge in [0.15, 0.2) is 6.10 Å². The second kappa shape index (κ2) is 12.0. The van der Waals surface area contributed by atoms with E-state index in [-0.39, 0.29) is 0 Å². The maximum Gasteiger partial charge on any atom is 0.407 e. The van der Waals surface area contributed by atoms with Gasteiger partial charge in [0.2, 0.25) is 0 Å². The van der Waals surface area contributed by atoms with E-state index in [1.54, 1.807) is 32.5 Å². The Labute approximate surface area is 234 Å². The zero-order chi connectivity index (χ0) is 28.8. The molecular weight excluding hydrogens is 506 g/mol. The predicted molar refractivity (Wildman–Crippen MR) is 155 cm³/mol. The number of rotatable bonds is 9. The molecule has 2 amide bonds. The summed E-state index contributed by atoms with van der Waals surface area (Å²) in [6.07, 6.45) is -0.798. The highest BCUT2D eigenvalue weighted by Gasteiger charge is 2.38. The number of hydrogen-bond donors (Lipinski definition) is 4. The lowest BCUT2D eigenvalue weighted by atomic mass is 9.77. The molecule has 1 unspecified atom stereocenters. The van der Waals surface area contributed by atoms with Crippen LogP contribution in [0.2, 0.25) is 0 Å². The zero-order valence-corrected chi connectivity index (χ0v) is 23.1. The molecule has 0 saturated heterocycles. The standard InChI is InChI=1S/C31H35N5O4/c1-30(2,3)35-29(39)40-21-26(37)28(38)33-25-20-32-36(4)27(25)34-31(22-14-8-5-9-15-22,23-16-10-6-11-17-23)24-18-12-7-13-19-24/h5-20,26,34,37H,21H2,1-4H3,(H,33,38)(H,35,39). The highest BCUT2D eigenvalue weighted by atomic mass is 16.6. The van der Waals surface area contributed by atoms with Crippen LogP contribution in [0.5, 0.6) is 0 Å². The summed E-state index contributed by atoms with van der Waals surface area (Å²) in [5, 5.41) is 23.8. The van der Waals surface area contributed by atoms with Crippen LogP contribution in [0, 0.1) is 0 Å². The lowest BCUT2D eigenvalue weighted by Gasteiger charge is -2.38. The van der Waals surface area contributed by atoms with Crippen molar-refractivity contribution in [2.24, 2.45) is 7.05 Å². The summed E-state index contributed by atoms with van der Waals surface area (Å²) in [5.74, 6) is -0.215. The van der Waals surface area contributed by atoms with Gasteiger partial charge < -0.3 is 25.8 Å². The molecule has 4 aromatic rings. The number of nitrogens with one attached hydrogen (secondary N) is 3. The van der Waals surface area contributed by atoms with Gasteiger partial charge in [0.25, 0.3) is 5.91 Å². The number of aryl methyl sites for hydroxylation is 1. The molecule has 1 aromatic heterocycles. The molecule has 4 N–H and O–H groups in total. The van der Waals surface area contributed by atoms with Gasteiger partial charge in [-0.05, 0) is 37.5 Å². The summed E-state index contributed by atoms with van der Waals surface area (Å²) in [5.41, 5.74) is 1.92. The van der Waals surface area contributed by atoms with E-state index >= 15 is 0 Å². The number of aromatic nitrogens is 2. The molecule has 9 heteroatoms. The summed E-state index contributed by atoms with van der Waals surface area (Å²) < 4.78 is 6.65. The number of aliphatic hydroxyl groups is 1. The Balaban J connectivity index is 1.67. The zero-order valence-electron chi connectivity index (χ0n) is 23.1. The van der Waals surface area contributed by atoms with E-state index in [9.17, 15) is 14.7 Å². The lowest BCUT2D eigenvalue weighted by Crippen LogP contribution is -2.42. The third-order valence-electron chi connectivity index (χ3n) is 6.27. The Morgan fingerprint density at radius 1 is 0.875 bits per heavy atom. The van der Waals surface area contributed by atoms with Crippen molar-refractivity contribution in [3.05, 3.63) is 114 Å². The van der Waals surface area contributed by atoms with E-state index in [4.69, 9.17) is 4.74 Å². The number of alkyl carbamates (subject to hydrolysis) is 1. The maximum absolute atomic E-state index is 12.9. The summed E-state index contributed by atoms with van der Waals surface area (Å²) in [6, 6.07) is 30.1. The second-order valence-corrected chi connectivity index (χ2v) is 10.5. The molecule has 0 fully saturated rings. The lowest BCUT2D eigenvalue weighted by molar-refractivity contribution is -0.125. The third-order valence-corrected chi connectivity index (χ3v) is 6.27. The van der Waals surface area contributed by atoms with Crippen LogP contribution in [0.4, 0.5) is 16.3 Å². The SMILES string of the molecule is Cn1ncc(NC(=O)C(O)COC(=O)NC(C)(C)C)c1NC(c1ccccc1)(c1ccccc1)c1ccccc1. The first-order chi connectivity index (χ1) is 19.1. The minimum atomic E-state index is -1.58. The molecule has 9 nitrogen and oxygen atoms in total. The minimum absolute atomic E-state index is 0.359. The maximum atomic E-state index is 12.9. The van der Waals surface area contributed by atoms with E-state index in [1.165, 1.54) is 6.20 Å². The Kier molecular flexibility index (Phi) is 8.55. The number of hydrogen-bond acceptors (Lipinski definition) is 6. The number of nitrogens with zero attached hydrogens (tertiary/aromatic N) is 2. The fraction of sp³-hybridized carbons (Fsp3) is 0.258. The fourth-order valence-electron chi connectivity index (χ4n) is 4.42. The number of carbonyl (C=O) groups excluding carboxylic acids is 2. The van der Waals surface area contributed by atoms with Gasteiger partial charge in [-0.25, -0.2) is 4.79 Å². The Morgan fingerprint density at radius 2 is 1.35 bits per heavy atom. The van der Waals surface area contributed by atoms with Crippen LogP contribution >= 0.6 is 0 Å². The normalized spacial score (nSPS) is 12.3. The molecule has 4 rings (SSSR count). The van der Waals surface area contributed by atoms with E-state index in [2.05, 4.69) is 21.0 Å². The van der Waals surface area contributed by atoms with Crippen molar-refractivity contribution >= 4 is 23.5 Å². The molecule has 1 heterocycles. The molecule has 0 aliphatic carbocycles. The molecule has 0 saturated carbocycles. The quantitative estimate of drug-likeness (QED) is 0.229.